The molecule has 2 aliphatic rings. The number of hydrogen-bond donors (Lipinski definition) is 1. The number of carbonyl (C=O) groups is 2. The summed E-state index contributed by atoms with van der Waals surface area (Å²) < 4.78 is 0. The largest absolute Gasteiger partial charge is 0.337 e. The lowest BCUT2D eigenvalue weighted by atomic mass is 10.1. The maximum atomic E-state index is 13.7. The highest BCUT2D eigenvalue weighted by atomic mass is 32.2. The fourth-order valence-corrected chi connectivity index (χ4v) is 6.16. The summed E-state index contributed by atoms with van der Waals surface area (Å²) >= 11 is 2.95. The van der Waals surface area contributed by atoms with Gasteiger partial charge in [-0.25, -0.2) is 4.99 Å². The number of thioether (sulfide) groups is 2. The third kappa shape index (κ3) is 5.10. The van der Waals surface area contributed by atoms with Crippen LogP contribution in [0.3, 0.4) is 0 Å². The van der Waals surface area contributed by atoms with Crippen molar-refractivity contribution in [3.05, 3.63) is 111 Å². The minimum atomic E-state index is -0.127. The Morgan fingerprint density at radius 1 is 0.944 bits per heavy atom. The molecule has 2 amide bonds. The first-order chi connectivity index (χ1) is 17.5. The van der Waals surface area contributed by atoms with Crippen LogP contribution >= 0.6 is 23.5 Å². The molecule has 0 saturated carbocycles. The molecular formula is C28H24N4O2S2. The Hall–Kier alpha value is -3.75. The van der Waals surface area contributed by atoms with Gasteiger partial charge in [0.15, 0.2) is 5.17 Å². The van der Waals surface area contributed by atoms with Crippen LogP contribution in [0.15, 0.2) is 105 Å². The van der Waals surface area contributed by atoms with E-state index < -0.39 is 0 Å². The van der Waals surface area contributed by atoms with Crippen molar-refractivity contribution in [3.8, 4) is 0 Å². The average molecular weight is 513 g/mol. The van der Waals surface area contributed by atoms with Gasteiger partial charge < -0.3 is 10.2 Å². The van der Waals surface area contributed by atoms with Crippen LogP contribution < -0.4 is 5.32 Å². The minimum Gasteiger partial charge on any atom is -0.337 e. The SMILES string of the molecule is CC(=O)Nc1ccc(N=C2S/C(=C3\SC=C(c4ccccc4)N3C)C(=O)N2Cc2ccccc2)cc1. The molecule has 0 atom stereocenters. The van der Waals surface area contributed by atoms with Crippen LogP contribution in [0.1, 0.15) is 18.1 Å². The summed E-state index contributed by atoms with van der Waals surface area (Å²) in [6, 6.07) is 27.4. The zero-order chi connectivity index (χ0) is 25.1. The smallest absolute Gasteiger partial charge is 0.269 e. The lowest BCUT2D eigenvalue weighted by Gasteiger charge is -2.19. The summed E-state index contributed by atoms with van der Waals surface area (Å²) in [4.78, 5) is 34.3. The molecule has 0 aromatic heterocycles. The summed E-state index contributed by atoms with van der Waals surface area (Å²) in [5, 5.41) is 6.37. The number of carbonyl (C=O) groups excluding carboxylic acids is 2. The molecule has 1 saturated heterocycles. The van der Waals surface area contributed by atoms with Crippen molar-refractivity contribution in [3.63, 3.8) is 0 Å². The first-order valence-electron chi connectivity index (χ1n) is 11.4. The van der Waals surface area contributed by atoms with Crippen molar-refractivity contribution in [2.75, 3.05) is 12.4 Å². The number of hydrogen-bond acceptors (Lipinski definition) is 6. The molecule has 0 radical (unpaired) electrons. The average Bonchev–Trinajstić information content (AvgIpc) is 3.40. The number of rotatable bonds is 5. The van der Waals surface area contributed by atoms with E-state index >= 15 is 0 Å². The Balaban J connectivity index is 1.47. The van der Waals surface area contributed by atoms with E-state index in [9.17, 15) is 9.59 Å². The zero-order valence-corrected chi connectivity index (χ0v) is 21.5. The van der Waals surface area contributed by atoms with E-state index in [4.69, 9.17) is 4.99 Å². The third-order valence-corrected chi connectivity index (χ3v) is 7.91. The highest BCUT2D eigenvalue weighted by Crippen LogP contribution is 2.46. The number of amides is 2. The third-order valence-electron chi connectivity index (χ3n) is 5.67. The van der Waals surface area contributed by atoms with Crippen LogP contribution in [-0.2, 0) is 16.1 Å². The van der Waals surface area contributed by atoms with Gasteiger partial charge in [0.05, 0.1) is 23.0 Å². The molecule has 0 unspecified atom stereocenters. The molecule has 0 aliphatic carbocycles. The van der Waals surface area contributed by atoms with Gasteiger partial charge in [0.2, 0.25) is 5.91 Å². The summed E-state index contributed by atoms with van der Waals surface area (Å²) in [5.41, 5.74) is 4.60. The Kier molecular flexibility index (Phi) is 6.97. The number of benzene rings is 3. The maximum absolute atomic E-state index is 13.7. The van der Waals surface area contributed by atoms with Gasteiger partial charge in [0.1, 0.15) is 4.91 Å². The number of amidine groups is 1. The van der Waals surface area contributed by atoms with Crippen molar-refractivity contribution in [1.82, 2.24) is 9.80 Å². The van der Waals surface area contributed by atoms with Crippen LogP contribution in [0, 0.1) is 0 Å². The fraction of sp³-hybridized carbons (Fsp3) is 0.107. The molecule has 0 bridgehead atoms. The Labute approximate surface area is 218 Å². The van der Waals surface area contributed by atoms with Crippen molar-refractivity contribution in [2.24, 2.45) is 4.99 Å². The molecule has 0 spiro atoms. The van der Waals surface area contributed by atoms with Gasteiger partial charge in [-0.15, -0.1) is 0 Å². The van der Waals surface area contributed by atoms with E-state index in [0.29, 0.717) is 28.0 Å². The second-order valence-electron chi connectivity index (χ2n) is 8.28. The quantitative estimate of drug-likeness (QED) is 0.409. The van der Waals surface area contributed by atoms with Crippen molar-refractivity contribution >= 4 is 57.6 Å². The van der Waals surface area contributed by atoms with Gasteiger partial charge in [-0.05, 0) is 47.2 Å². The van der Waals surface area contributed by atoms with Gasteiger partial charge in [0, 0.05) is 25.1 Å². The lowest BCUT2D eigenvalue weighted by Crippen LogP contribution is -2.29. The van der Waals surface area contributed by atoms with E-state index in [1.54, 1.807) is 28.8 Å². The highest BCUT2D eigenvalue weighted by Gasteiger charge is 2.38. The first-order valence-corrected chi connectivity index (χ1v) is 13.1. The molecule has 5 rings (SSSR count). The predicted octanol–water partition coefficient (Wildman–Crippen LogP) is 6.25. The number of anilines is 1. The monoisotopic (exact) mass is 512 g/mol. The second kappa shape index (κ2) is 10.5. The fourth-order valence-electron chi connectivity index (χ4n) is 3.91. The molecular weight excluding hydrogens is 488 g/mol. The normalized spacial score (nSPS) is 18.7. The molecule has 1 N–H and O–H groups in total. The summed E-state index contributed by atoms with van der Waals surface area (Å²) in [6.45, 7) is 1.90. The standard InChI is InChI=1S/C28H24N4O2S2/c1-19(33)29-22-13-15-23(16-14-22)30-28-32(17-20-9-5-3-6-10-20)26(34)25(36-28)27-31(2)24(18-35-27)21-11-7-4-8-12-21/h3-16,18H,17H2,1-2H3,(H,29,33)/b27-25-,30-28?. The van der Waals surface area contributed by atoms with Gasteiger partial charge in [-0.2, -0.15) is 0 Å². The summed E-state index contributed by atoms with van der Waals surface area (Å²) in [5.74, 6) is -0.187. The van der Waals surface area contributed by atoms with E-state index in [2.05, 4.69) is 27.8 Å². The summed E-state index contributed by atoms with van der Waals surface area (Å²) in [7, 11) is 1.99. The van der Waals surface area contributed by atoms with E-state index in [1.807, 2.05) is 67.7 Å². The Morgan fingerprint density at radius 2 is 1.61 bits per heavy atom. The molecule has 1 fully saturated rings. The zero-order valence-electron chi connectivity index (χ0n) is 19.8. The number of nitrogens with zero attached hydrogens (tertiary/aromatic N) is 3. The molecule has 3 aromatic rings. The van der Waals surface area contributed by atoms with Gasteiger partial charge in [-0.3, -0.25) is 14.5 Å². The first kappa shape index (κ1) is 24.0. The molecule has 2 heterocycles. The summed E-state index contributed by atoms with van der Waals surface area (Å²) in [6.07, 6.45) is 0. The molecule has 8 heteroatoms. The van der Waals surface area contributed by atoms with Crippen molar-refractivity contribution in [2.45, 2.75) is 13.5 Å². The van der Waals surface area contributed by atoms with Crippen LogP contribution in [0.2, 0.25) is 0 Å². The minimum absolute atomic E-state index is 0.0606. The van der Waals surface area contributed by atoms with Gasteiger partial charge in [0.25, 0.3) is 5.91 Å². The van der Waals surface area contributed by atoms with Crippen molar-refractivity contribution in [1.29, 1.82) is 0 Å². The molecule has 180 valence electrons. The van der Waals surface area contributed by atoms with Gasteiger partial charge >= 0.3 is 0 Å². The van der Waals surface area contributed by atoms with Crippen LogP contribution in [0.4, 0.5) is 11.4 Å². The van der Waals surface area contributed by atoms with Gasteiger partial charge in [-0.1, -0.05) is 72.4 Å². The lowest BCUT2D eigenvalue weighted by molar-refractivity contribution is -0.122. The topological polar surface area (TPSA) is 65.0 Å². The maximum Gasteiger partial charge on any atom is 0.269 e. The van der Waals surface area contributed by atoms with Crippen LogP contribution in [0.5, 0.6) is 0 Å². The molecule has 36 heavy (non-hydrogen) atoms. The molecule has 2 aliphatic heterocycles. The molecule has 6 nitrogen and oxygen atoms in total. The van der Waals surface area contributed by atoms with E-state index in [1.165, 1.54) is 18.7 Å². The van der Waals surface area contributed by atoms with Crippen molar-refractivity contribution < 1.29 is 9.59 Å². The van der Waals surface area contributed by atoms with E-state index in [0.717, 1.165) is 21.9 Å². The highest BCUT2D eigenvalue weighted by molar-refractivity contribution is 8.19. The number of aliphatic imine (C=N–C) groups is 1. The van der Waals surface area contributed by atoms with E-state index in [-0.39, 0.29) is 11.8 Å². The van der Waals surface area contributed by atoms with Crippen LogP contribution in [-0.4, -0.2) is 33.8 Å². The molecule has 3 aromatic carbocycles. The Morgan fingerprint density at radius 3 is 2.28 bits per heavy atom. The van der Waals surface area contributed by atoms with Crippen LogP contribution in [0.25, 0.3) is 5.70 Å². The predicted molar refractivity (Wildman–Crippen MR) is 149 cm³/mol. The second-order valence-corrected chi connectivity index (χ2v) is 10.1. The Bertz CT molecular complexity index is 1380. The number of nitrogens with one attached hydrogen (secondary N) is 1.